The van der Waals surface area contributed by atoms with Gasteiger partial charge in [-0.3, -0.25) is 4.79 Å². The van der Waals surface area contributed by atoms with Gasteiger partial charge in [0.1, 0.15) is 9.84 Å². The maximum Gasteiger partial charge on any atom is 0.239 e. The summed E-state index contributed by atoms with van der Waals surface area (Å²) in [5.74, 6) is 0.216. The van der Waals surface area contributed by atoms with Gasteiger partial charge < -0.3 is 10.2 Å². The molecular formula is C9H18N2O3S. The Morgan fingerprint density at radius 2 is 2.20 bits per heavy atom. The van der Waals surface area contributed by atoms with E-state index in [1.54, 1.807) is 4.90 Å². The highest BCUT2D eigenvalue weighted by Gasteiger charge is 2.24. The van der Waals surface area contributed by atoms with Crippen molar-refractivity contribution in [2.24, 2.45) is 0 Å². The zero-order valence-corrected chi connectivity index (χ0v) is 10.0. The fourth-order valence-corrected chi connectivity index (χ4v) is 2.28. The number of carbonyl (C=O) groups is 1. The fraction of sp³-hybridized carbons (Fsp3) is 0.889. The first-order valence-corrected chi connectivity index (χ1v) is 7.16. The van der Waals surface area contributed by atoms with Gasteiger partial charge in [-0.15, -0.1) is 0 Å². The van der Waals surface area contributed by atoms with Crippen LogP contribution < -0.4 is 5.32 Å². The molecule has 1 rings (SSSR count). The molecule has 1 aliphatic rings. The smallest absolute Gasteiger partial charge is 0.239 e. The predicted octanol–water partition coefficient (Wildman–Crippen LogP) is -0.759. The highest BCUT2D eigenvalue weighted by atomic mass is 32.2. The Labute approximate surface area is 90.7 Å². The van der Waals surface area contributed by atoms with Crippen molar-refractivity contribution in [3.05, 3.63) is 0 Å². The number of rotatable bonds is 4. The van der Waals surface area contributed by atoms with Gasteiger partial charge in [-0.05, 0) is 13.3 Å². The van der Waals surface area contributed by atoms with Crippen LogP contribution in [0.25, 0.3) is 0 Å². The van der Waals surface area contributed by atoms with E-state index in [1.807, 2.05) is 6.92 Å². The van der Waals surface area contributed by atoms with Crippen molar-refractivity contribution in [3.63, 3.8) is 0 Å². The highest BCUT2D eigenvalue weighted by Crippen LogP contribution is 2.02. The Hall–Kier alpha value is -0.620. The molecule has 6 heteroatoms. The van der Waals surface area contributed by atoms with E-state index in [4.69, 9.17) is 0 Å². The third-order valence-corrected chi connectivity index (χ3v) is 3.49. The molecule has 0 aliphatic carbocycles. The molecule has 15 heavy (non-hydrogen) atoms. The molecule has 0 bridgehead atoms. The molecule has 1 saturated heterocycles. The molecule has 1 unspecified atom stereocenters. The van der Waals surface area contributed by atoms with Crippen LogP contribution in [0.1, 0.15) is 13.3 Å². The third kappa shape index (κ3) is 4.17. The Morgan fingerprint density at radius 3 is 2.80 bits per heavy atom. The molecule has 0 spiro atoms. The molecule has 88 valence electrons. The summed E-state index contributed by atoms with van der Waals surface area (Å²) in [4.78, 5) is 13.3. The van der Waals surface area contributed by atoms with E-state index in [9.17, 15) is 13.2 Å². The summed E-state index contributed by atoms with van der Waals surface area (Å²) in [6.07, 6.45) is 1.74. The maximum atomic E-state index is 11.6. The SMILES string of the molecule is CC1NCCN(CCCS(C)(=O)=O)C1=O. The Kier molecular flexibility index (Phi) is 4.10. The second kappa shape index (κ2) is 4.94. The number of nitrogens with zero attached hydrogens (tertiary/aromatic N) is 1. The fourth-order valence-electron chi connectivity index (χ4n) is 1.63. The molecule has 1 atom stereocenters. The highest BCUT2D eigenvalue weighted by molar-refractivity contribution is 7.90. The van der Waals surface area contributed by atoms with Crippen molar-refractivity contribution in [1.82, 2.24) is 10.2 Å². The first-order chi connectivity index (χ1) is 6.90. The summed E-state index contributed by atoms with van der Waals surface area (Å²) in [6.45, 7) is 3.82. The molecule has 0 saturated carbocycles. The molecule has 0 radical (unpaired) electrons. The van der Waals surface area contributed by atoms with E-state index in [-0.39, 0.29) is 17.7 Å². The molecule has 1 heterocycles. The average Bonchev–Trinajstić information content (AvgIpc) is 2.10. The molecule has 0 aromatic rings. The first kappa shape index (κ1) is 12.4. The summed E-state index contributed by atoms with van der Waals surface area (Å²) in [5, 5.41) is 3.06. The first-order valence-electron chi connectivity index (χ1n) is 5.10. The Morgan fingerprint density at radius 1 is 1.53 bits per heavy atom. The van der Waals surface area contributed by atoms with E-state index < -0.39 is 9.84 Å². The van der Waals surface area contributed by atoms with E-state index in [2.05, 4.69) is 5.32 Å². The monoisotopic (exact) mass is 234 g/mol. The van der Waals surface area contributed by atoms with E-state index in [1.165, 1.54) is 6.26 Å². The van der Waals surface area contributed by atoms with Gasteiger partial charge in [0.05, 0.1) is 11.8 Å². The second-order valence-electron chi connectivity index (χ2n) is 3.98. The lowest BCUT2D eigenvalue weighted by Crippen LogP contribution is -2.53. The normalized spacial score (nSPS) is 23.2. The molecule has 1 N–H and O–H groups in total. The zero-order valence-electron chi connectivity index (χ0n) is 9.19. The lowest BCUT2D eigenvalue weighted by Gasteiger charge is -2.31. The van der Waals surface area contributed by atoms with Gasteiger partial charge in [-0.1, -0.05) is 0 Å². The number of hydrogen-bond donors (Lipinski definition) is 1. The summed E-state index contributed by atoms with van der Waals surface area (Å²) in [7, 11) is -2.91. The van der Waals surface area contributed by atoms with Crippen molar-refractivity contribution < 1.29 is 13.2 Å². The zero-order chi connectivity index (χ0) is 11.5. The van der Waals surface area contributed by atoms with Crippen LogP contribution in [0.2, 0.25) is 0 Å². The average molecular weight is 234 g/mol. The van der Waals surface area contributed by atoms with Crippen molar-refractivity contribution in [3.8, 4) is 0 Å². The number of sulfone groups is 1. The standard InChI is InChI=1S/C9H18N2O3S/c1-8-9(12)11(6-4-10-8)5-3-7-15(2,13)14/h8,10H,3-7H2,1-2H3. The van der Waals surface area contributed by atoms with Gasteiger partial charge in [0.25, 0.3) is 0 Å². The predicted molar refractivity (Wildman–Crippen MR) is 58.4 cm³/mol. The second-order valence-corrected chi connectivity index (χ2v) is 6.24. The number of nitrogens with one attached hydrogen (secondary N) is 1. The molecular weight excluding hydrogens is 216 g/mol. The van der Waals surface area contributed by atoms with Gasteiger partial charge in [-0.25, -0.2) is 8.42 Å². The van der Waals surface area contributed by atoms with Crippen LogP contribution in [-0.2, 0) is 14.6 Å². The molecule has 5 nitrogen and oxygen atoms in total. The topological polar surface area (TPSA) is 66.5 Å². The number of amides is 1. The van der Waals surface area contributed by atoms with Crippen molar-refractivity contribution >= 4 is 15.7 Å². The number of carbonyl (C=O) groups excluding carboxylic acids is 1. The van der Waals surface area contributed by atoms with Gasteiger partial charge >= 0.3 is 0 Å². The summed E-state index contributed by atoms with van der Waals surface area (Å²) >= 11 is 0. The Bertz CT molecular complexity index is 326. The maximum absolute atomic E-state index is 11.6. The largest absolute Gasteiger partial charge is 0.340 e. The van der Waals surface area contributed by atoms with Gasteiger partial charge in [0, 0.05) is 25.9 Å². The van der Waals surface area contributed by atoms with Crippen LogP contribution in [0.15, 0.2) is 0 Å². The van der Waals surface area contributed by atoms with Crippen LogP contribution >= 0.6 is 0 Å². The van der Waals surface area contributed by atoms with Crippen molar-refractivity contribution in [2.45, 2.75) is 19.4 Å². The quantitative estimate of drug-likeness (QED) is 0.694. The molecule has 1 amide bonds. The lowest BCUT2D eigenvalue weighted by molar-refractivity contribution is -0.135. The molecule has 0 aromatic heterocycles. The van der Waals surface area contributed by atoms with E-state index in [0.29, 0.717) is 19.5 Å². The van der Waals surface area contributed by atoms with E-state index >= 15 is 0 Å². The van der Waals surface area contributed by atoms with Gasteiger partial charge in [-0.2, -0.15) is 0 Å². The van der Waals surface area contributed by atoms with Crippen LogP contribution in [0.4, 0.5) is 0 Å². The summed E-state index contributed by atoms with van der Waals surface area (Å²) in [5.41, 5.74) is 0. The van der Waals surface area contributed by atoms with E-state index in [0.717, 1.165) is 6.54 Å². The van der Waals surface area contributed by atoms with Crippen LogP contribution in [0.5, 0.6) is 0 Å². The third-order valence-electron chi connectivity index (χ3n) is 2.46. The van der Waals surface area contributed by atoms with Crippen molar-refractivity contribution in [2.75, 3.05) is 31.6 Å². The Balaban J connectivity index is 2.35. The van der Waals surface area contributed by atoms with Crippen LogP contribution in [0, 0.1) is 0 Å². The minimum absolute atomic E-state index is 0.0646. The van der Waals surface area contributed by atoms with Crippen molar-refractivity contribution in [1.29, 1.82) is 0 Å². The summed E-state index contributed by atoms with van der Waals surface area (Å²) in [6, 6.07) is -0.142. The minimum Gasteiger partial charge on any atom is -0.340 e. The lowest BCUT2D eigenvalue weighted by atomic mass is 10.2. The number of hydrogen-bond acceptors (Lipinski definition) is 4. The summed E-state index contributed by atoms with van der Waals surface area (Å²) < 4.78 is 21.8. The van der Waals surface area contributed by atoms with Gasteiger partial charge in [0.2, 0.25) is 5.91 Å². The van der Waals surface area contributed by atoms with Crippen LogP contribution in [-0.4, -0.2) is 56.9 Å². The number of piperazine rings is 1. The minimum atomic E-state index is -2.91. The van der Waals surface area contributed by atoms with Gasteiger partial charge in [0.15, 0.2) is 0 Å². The van der Waals surface area contributed by atoms with Crippen LogP contribution in [0.3, 0.4) is 0 Å². The molecule has 1 fully saturated rings. The molecule has 1 aliphatic heterocycles. The molecule has 0 aromatic carbocycles.